The van der Waals surface area contributed by atoms with E-state index in [1.165, 1.54) is 6.07 Å². The molecule has 5 nitrogen and oxygen atoms in total. The first-order valence-corrected chi connectivity index (χ1v) is 7.87. The summed E-state index contributed by atoms with van der Waals surface area (Å²) in [5, 5.41) is 2.59. The van der Waals surface area contributed by atoms with E-state index < -0.39 is 11.9 Å². The summed E-state index contributed by atoms with van der Waals surface area (Å²) in [4.78, 5) is 23.4. The lowest BCUT2D eigenvalue weighted by atomic mass is 10.1. The number of nitrogens with one attached hydrogen (secondary N) is 1. The maximum absolute atomic E-state index is 13.4. The maximum atomic E-state index is 13.4. The Morgan fingerprint density at radius 2 is 1.92 bits per heavy atom. The molecule has 0 radical (unpaired) electrons. The van der Waals surface area contributed by atoms with Gasteiger partial charge in [0, 0.05) is 6.54 Å². The van der Waals surface area contributed by atoms with Crippen molar-refractivity contribution in [3.05, 3.63) is 65.5 Å². The van der Waals surface area contributed by atoms with Crippen molar-refractivity contribution in [2.24, 2.45) is 0 Å². The molecule has 2 aromatic carbocycles. The molecule has 2 aromatic rings. The van der Waals surface area contributed by atoms with E-state index in [9.17, 15) is 14.0 Å². The molecule has 2 rings (SSSR count). The van der Waals surface area contributed by atoms with Crippen molar-refractivity contribution in [3.63, 3.8) is 0 Å². The number of benzene rings is 2. The minimum Gasteiger partial charge on any atom is -0.497 e. The van der Waals surface area contributed by atoms with Gasteiger partial charge >= 0.3 is 5.97 Å². The number of hydrogen-bond donors (Lipinski definition) is 1. The fourth-order valence-corrected chi connectivity index (χ4v) is 2.23. The largest absolute Gasteiger partial charge is 0.497 e. The van der Waals surface area contributed by atoms with Gasteiger partial charge in [0.05, 0.1) is 13.5 Å². The molecule has 0 heterocycles. The smallest absolute Gasteiger partial charge is 0.310 e. The first kappa shape index (κ1) is 18.4. The van der Waals surface area contributed by atoms with Crippen LogP contribution in [-0.4, -0.2) is 32.1 Å². The van der Waals surface area contributed by atoms with E-state index in [0.717, 1.165) is 5.56 Å². The third kappa shape index (κ3) is 6.25. The summed E-state index contributed by atoms with van der Waals surface area (Å²) < 4.78 is 23.5. The highest BCUT2D eigenvalue weighted by Crippen LogP contribution is 2.13. The lowest BCUT2D eigenvalue weighted by Crippen LogP contribution is -2.30. The van der Waals surface area contributed by atoms with Gasteiger partial charge in [-0.25, -0.2) is 4.39 Å². The van der Waals surface area contributed by atoms with Crippen LogP contribution in [0, 0.1) is 5.82 Å². The van der Waals surface area contributed by atoms with Crippen LogP contribution in [0.15, 0.2) is 48.5 Å². The van der Waals surface area contributed by atoms with Crippen molar-refractivity contribution in [3.8, 4) is 5.75 Å². The van der Waals surface area contributed by atoms with Gasteiger partial charge in [-0.2, -0.15) is 0 Å². The molecule has 6 heteroatoms. The lowest BCUT2D eigenvalue weighted by molar-refractivity contribution is -0.147. The van der Waals surface area contributed by atoms with Gasteiger partial charge < -0.3 is 14.8 Å². The summed E-state index contributed by atoms with van der Waals surface area (Å²) >= 11 is 0. The van der Waals surface area contributed by atoms with E-state index >= 15 is 0 Å². The molecule has 0 aliphatic rings. The van der Waals surface area contributed by atoms with Crippen molar-refractivity contribution >= 4 is 11.9 Å². The number of rotatable bonds is 8. The zero-order valence-corrected chi connectivity index (χ0v) is 14.0. The van der Waals surface area contributed by atoms with Crippen molar-refractivity contribution in [1.29, 1.82) is 0 Å². The molecule has 0 aromatic heterocycles. The molecule has 0 spiro atoms. The molecule has 25 heavy (non-hydrogen) atoms. The Labute approximate surface area is 145 Å². The Morgan fingerprint density at radius 3 is 2.68 bits per heavy atom. The quantitative estimate of drug-likeness (QED) is 0.746. The van der Waals surface area contributed by atoms with Crippen molar-refractivity contribution in [2.45, 2.75) is 12.8 Å². The highest BCUT2D eigenvalue weighted by atomic mass is 19.1. The van der Waals surface area contributed by atoms with Gasteiger partial charge in [-0.15, -0.1) is 0 Å². The van der Waals surface area contributed by atoms with E-state index in [0.29, 0.717) is 17.7 Å². The number of methoxy groups -OCH3 is 1. The Hall–Kier alpha value is -2.89. The fourth-order valence-electron chi connectivity index (χ4n) is 2.23. The maximum Gasteiger partial charge on any atom is 0.310 e. The molecule has 132 valence electrons. The van der Waals surface area contributed by atoms with Crippen LogP contribution in [0.1, 0.15) is 11.1 Å². The van der Waals surface area contributed by atoms with E-state index in [2.05, 4.69) is 5.32 Å². The minimum absolute atomic E-state index is 0.0553. The molecule has 1 N–H and O–H groups in total. The second-order valence-electron chi connectivity index (χ2n) is 5.38. The zero-order chi connectivity index (χ0) is 18.1. The lowest BCUT2D eigenvalue weighted by Gasteiger charge is -2.08. The topological polar surface area (TPSA) is 64.6 Å². The molecule has 0 bridgehead atoms. The second kappa shape index (κ2) is 9.42. The zero-order valence-electron chi connectivity index (χ0n) is 14.0. The Balaban J connectivity index is 1.68. The molecule has 0 saturated heterocycles. The van der Waals surface area contributed by atoms with Crippen molar-refractivity contribution in [1.82, 2.24) is 5.32 Å². The number of ether oxygens (including phenoxy) is 2. The highest BCUT2D eigenvalue weighted by Gasteiger charge is 2.09. The summed E-state index contributed by atoms with van der Waals surface area (Å²) in [5.74, 6) is -0.578. The number of esters is 1. The van der Waals surface area contributed by atoms with E-state index in [-0.39, 0.29) is 25.4 Å². The van der Waals surface area contributed by atoms with Crippen LogP contribution in [0.25, 0.3) is 0 Å². The Bertz CT molecular complexity index is 733. The molecule has 0 aliphatic carbocycles. The molecule has 0 saturated carbocycles. The van der Waals surface area contributed by atoms with Gasteiger partial charge in [0.1, 0.15) is 11.6 Å². The first-order valence-electron chi connectivity index (χ1n) is 7.87. The van der Waals surface area contributed by atoms with Gasteiger partial charge in [-0.1, -0.05) is 30.3 Å². The van der Waals surface area contributed by atoms with Crippen LogP contribution in [0.3, 0.4) is 0 Å². The third-order valence-corrected chi connectivity index (χ3v) is 3.52. The molecule has 0 aliphatic heterocycles. The number of carbonyl (C=O) groups excluding carboxylic acids is 2. The summed E-state index contributed by atoms with van der Waals surface area (Å²) in [6, 6.07) is 13.4. The van der Waals surface area contributed by atoms with Gasteiger partial charge in [0.2, 0.25) is 0 Å². The average Bonchev–Trinajstić information content (AvgIpc) is 2.62. The summed E-state index contributed by atoms with van der Waals surface area (Å²) in [6.45, 7) is -0.0900. The van der Waals surface area contributed by atoms with Gasteiger partial charge in [-0.05, 0) is 35.7 Å². The summed E-state index contributed by atoms with van der Waals surface area (Å²) in [6.07, 6.45) is 0.426. The standard InChI is InChI=1S/C19H20FNO4/c1-24-16-7-4-5-14(11-16)12-19(23)25-13-18(22)21-10-9-15-6-2-3-8-17(15)20/h2-8,11H,9-10,12-13H2,1H3,(H,21,22). The van der Waals surface area contributed by atoms with E-state index in [4.69, 9.17) is 9.47 Å². The number of halogens is 1. The van der Waals surface area contributed by atoms with Crippen LogP contribution in [-0.2, 0) is 27.2 Å². The van der Waals surface area contributed by atoms with Gasteiger partial charge in [-0.3, -0.25) is 9.59 Å². The monoisotopic (exact) mass is 345 g/mol. The molecular formula is C19H20FNO4. The van der Waals surface area contributed by atoms with Crippen LogP contribution >= 0.6 is 0 Å². The number of amides is 1. The fraction of sp³-hybridized carbons (Fsp3) is 0.263. The van der Waals surface area contributed by atoms with Crippen LogP contribution in [0.5, 0.6) is 5.75 Å². The molecule has 0 fully saturated rings. The van der Waals surface area contributed by atoms with Crippen LogP contribution in [0.2, 0.25) is 0 Å². The van der Waals surface area contributed by atoms with Crippen LogP contribution < -0.4 is 10.1 Å². The van der Waals surface area contributed by atoms with Crippen molar-refractivity contribution < 1.29 is 23.5 Å². The normalized spacial score (nSPS) is 10.2. The first-order chi connectivity index (χ1) is 12.1. The van der Waals surface area contributed by atoms with E-state index in [1.54, 1.807) is 49.6 Å². The second-order valence-corrected chi connectivity index (χ2v) is 5.38. The predicted octanol–water partition coefficient (Wildman–Crippen LogP) is 2.28. The van der Waals surface area contributed by atoms with Gasteiger partial charge in [0.15, 0.2) is 6.61 Å². The minimum atomic E-state index is -0.502. The molecular weight excluding hydrogens is 325 g/mol. The van der Waals surface area contributed by atoms with Crippen molar-refractivity contribution in [2.75, 3.05) is 20.3 Å². The molecule has 1 amide bonds. The Morgan fingerprint density at radius 1 is 1.12 bits per heavy atom. The van der Waals surface area contributed by atoms with E-state index in [1.807, 2.05) is 0 Å². The Kier molecular flexibility index (Phi) is 6.95. The summed E-state index contributed by atoms with van der Waals surface area (Å²) in [5.41, 5.74) is 1.27. The SMILES string of the molecule is COc1cccc(CC(=O)OCC(=O)NCCc2ccccc2F)c1. The number of carbonyl (C=O) groups is 2. The third-order valence-electron chi connectivity index (χ3n) is 3.52. The number of hydrogen-bond acceptors (Lipinski definition) is 4. The van der Waals surface area contributed by atoms with Gasteiger partial charge in [0.25, 0.3) is 5.91 Å². The highest BCUT2D eigenvalue weighted by molar-refractivity contribution is 5.81. The predicted molar refractivity (Wildman–Crippen MR) is 90.8 cm³/mol. The van der Waals surface area contributed by atoms with Crippen LogP contribution in [0.4, 0.5) is 4.39 Å². The average molecular weight is 345 g/mol. The summed E-state index contributed by atoms with van der Waals surface area (Å²) in [7, 11) is 1.54. The molecule has 0 unspecified atom stereocenters. The molecule has 0 atom stereocenters.